The Morgan fingerprint density at radius 3 is 2.70 bits per heavy atom. The first-order valence-electron chi connectivity index (χ1n) is 5.63. The summed E-state index contributed by atoms with van der Waals surface area (Å²) in [6, 6.07) is 4.94. The topological polar surface area (TPSA) is 75.2 Å². The molecule has 0 bridgehead atoms. The highest BCUT2D eigenvalue weighted by molar-refractivity contribution is 9.11. The average Bonchev–Trinajstić information content (AvgIpc) is 2.84. The van der Waals surface area contributed by atoms with E-state index in [1.807, 2.05) is 14.1 Å². The molecule has 2 heterocycles. The second kappa shape index (κ2) is 6.17. The third kappa shape index (κ3) is 3.75. The van der Waals surface area contributed by atoms with E-state index in [1.54, 1.807) is 29.3 Å². The van der Waals surface area contributed by atoms with Crippen molar-refractivity contribution in [2.24, 2.45) is 0 Å². The molecule has 0 radical (unpaired) electrons. The summed E-state index contributed by atoms with van der Waals surface area (Å²) < 4.78 is 27.7. The van der Waals surface area contributed by atoms with Crippen LogP contribution in [0, 0.1) is 0 Å². The molecule has 0 amide bonds. The van der Waals surface area contributed by atoms with E-state index in [0.29, 0.717) is 11.6 Å². The highest BCUT2D eigenvalue weighted by Crippen LogP contribution is 2.25. The van der Waals surface area contributed by atoms with Crippen LogP contribution in [0.5, 0.6) is 0 Å². The maximum Gasteiger partial charge on any atom is 0.250 e. The zero-order chi connectivity index (χ0) is 14.8. The molecule has 108 valence electrons. The molecule has 0 atom stereocenters. The van der Waals surface area contributed by atoms with Crippen LogP contribution in [0.15, 0.2) is 32.4 Å². The molecule has 0 saturated heterocycles. The fourth-order valence-electron chi connectivity index (χ4n) is 1.38. The smallest absolute Gasteiger partial charge is 0.250 e. The number of anilines is 1. The van der Waals surface area contributed by atoms with Crippen molar-refractivity contribution in [2.75, 3.05) is 19.0 Å². The minimum Gasteiger partial charge on any atom is -0.347 e. The van der Waals surface area contributed by atoms with Gasteiger partial charge >= 0.3 is 0 Å². The Hall–Kier alpha value is -1.03. The van der Waals surface area contributed by atoms with Crippen LogP contribution in [0.4, 0.5) is 5.95 Å². The van der Waals surface area contributed by atoms with Crippen LogP contribution in [-0.2, 0) is 16.6 Å². The van der Waals surface area contributed by atoms with Gasteiger partial charge in [-0.2, -0.15) is 0 Å². The minimum absolute atomic E-state index is 0.126. The van der Waals surface area contributed by atoms with Crippen LogP contribution in [0.25, 0.3) is 0 Å². The summed E-state index contributed by atoms with van der Waals surface area (Å²) in [6.45, 7) is 0.126. The first-order chi connectivity index (χ1) is 9.38. The lowest BCUT2D eigenvalue weighted by Gasteiger charge is -2.11. The van der Waals surface area contributed by atoms with Crippen molar-refractivity contribution in [3.05, 3.63) is 33.9 Å². The summed E-state index contributed by atoms with van der Waals surface area (Å²) in [5, 5.41) is 0. The summed E-state index contributed by atoms with van der Waals surface area (Å²) in [6.07, 6.45) is 1.60. The fourth-order valence-corrected chi connectivity index (χ4v) is 4.43. The van der Waals surface area contributed by atoms with Gasteiger partial charge < -0.3 is 4.90 Å². The molecular weight excluding hydrogens is 364 g/mol. The van der Waals surface area contributed by atoms with Crippen LogP contribution >= 0.6 is 27.3 Å². The van der Waals surface area contributed by atoms with E-state index in [2.05, 4.69) is 30.6 Å². The molecule has 20 heavy (non-hydrogen) atoms. The second-order valence-corrected chi connectivity index (χ2v) is 8.58. The van der Waals surface area contributed by atoms with Crippen LogP contribution in [0.2, 0.25) is 0 Å². The van der Waals surface area contributed by atoms with Crippen LogP contribution in [0.1, 0.15) is 5.69 Å². The summed E-state index contributed by atoms with van der Waals surface area (Å²) >= 11 is 4.41. The lowest BCUT2D eigenvalue weighted by molar-refractivity contribution is 0.582. The van der Waals surface area contributed by atoms with Crippen molar-refractivity contribution in [3.8, 4) is 0 Å². The molecule has 0 spiro atoms. The Morgan fingerprint density at radius 2 is 2.10 bits per heavy atom. The molecule has 9 heteroatoms. The highest BCUT2D eigenvalue weighted by Gasteiger charge is 2.16. The zero-order valence-electron chi connectivity index (χ0n) is 10.9. The number of nitrogens with zero attached hydrogens (tertiary/aromatic N) is 3. The van der Waals surface area contributed by atoms with Gasteiger partial charge in [0, 0.05) is 20.3 Å². The average molecular weight is 377 g/mol. The Balaban J connectivity index is 2.10. The Labute approximate surface area is 130 Å². The first kappa shape index (κ1) is 15.4. The maximum atomic E-state index is 12.1. The van der Waals surface area contributed by atoms with E-state index >= 15 is 0 Å². The molecule has 0 aromatic carbocycles. The van der Waals surface area contributed by atoms with E-state index in [0.717, 1.165) is 15.1 Å². The minimum atomic E-state index is -3.51. The lowest BCUT2D eigenvalue weighted by Crippen LogP contribution is -2.23. The normalized spacial score (nSPS) is 11.6. The number of hydrogen-bond donors (Lipinski definition) is 1. The molecule has 2 aromatic heterocycles. The van der Waals surface area contributed by atoms with Gasteiger partial charge in [0.2, 0.25) is 16.0 Å². The van der Waals surface area contributed by atoms with E-state index < -0.39 is 10.0 Å². The van der Waals surface area contributed by atoms with Crippen molar-refractivity contribution < 1.29 is 8.42 Å². The van der Waals surface area contributed by atoms with Crippen LogP contribution < -0.4 is 9.62 Å². The molecule has 0 aliphatic rings. The SMILES string of the molecule is CN(C)c1nccc(CNS(=O)(=O)c2ccc(Br)s2)n1. The molecule has 6 nitrogen and oxygen atoms in total. The number of nitrogens with one attached hydrogen (secondary N) is 1. The Kier molecular flexibility index (Phi) is 4.74. The van der Waals surface area contributed by atoms with Gasteiger partial charge in [0.15, 0.2) is 0 Å². The van der Waals surface area contributed by atoms with Crippen molar-refractivity contribution in [1.29, 1.82) is 0 Å². The molecular formula is C11H13BrN4O2S2. The standard InChI is InChI=1S/C11H13BrN4O2S2/c1-16(2)11-13-6-5-8(15-11)7-14-20(17,18)10-4-3-9(12)19-10/h3-6,14H,7H2,1-2H3. The Morgan fingerprint density at radius 1 is 1.35 bits per heavy atom. The first-order valence-corrected chi connectivity index (χ1v) is 8.72. The largest absolute Gasteiger partial charge is 0.347 e. The number of halogens is 1. The molecule has 2 rings (SSSR count). The van der Waals surface area contributed by atoms with Gasteiger partial charge in [-0.15, -0.1) is 11.3 Å². The van der Waals surface area contributed by atoms with Crippen molar-refractivity contribution >= 4 is 43.2 Å². The van der Waals surface area contributed by atoms with Gasteiger partial charge in [-0.3, -0.25) is 0 Å². The number of thiophene rings is 1. The van der Waals surface area contributed by atoms with Gasteiger partial charge in [-0.25, -0.2) is 23.1 Å². The molecule has 0 fully saturated rings. The van der Waals surface area contributed by atoms with E-state index in [4.69, 9.17) is 0 Å². The van der Waals surface area contributed by atoms with Crippen molar-refractivity contribution in [3.63, 3.8) is 0 Å². The predicted octanol–water partition coefficient (Wildman–Crippen LogP) is 1.85. The fraction of sp³-hybridized carbons (Fsp3) is 0.273. The molecule has 2 aromatic rings. The molecule has 1 N–H and O–H groups in total. The molecule has 0 unspecified atom stereocenters. The second-order valence-electron chi connectivity index (χ2n) is 4.13. The van der Waals surface area contributed by atoms with Gasteiger partial charge in [0.05, 0.1) is 16.0 Å². The van der Waals surface area contributed by atoms with Crippen LogP contribution in [-0.4, -0.2) is 32.5 Å². The summed E-state index contributed by atoms with van der Waals surface area (Å²) in [5.74, 6) is 0.542. The maximum absolute atomic E-state index is 12.1. The predicted molar refractivity (Wildman–Crippen MR) is 82.4 cm³/mol. The summed E-state index contributed by atoms with van der Waals surface area (Å²) in [7, 11) is 0.145. The monoisotopic (exact) mass is 376 g/mol. The number of hydrogen-bond acceptors (Lipinski definition) is 6. The number of sulfonamides is 1. The summed E-state index contributed by atoms with van der Waals surface area (Å²) in [4.78, 5) is 10.1. The van der Waals surface area contributed by atoms with Gasteiger partial charge in [0.1, 0.15) is 4.21 Å². The van der Waals surface area contributed by atoms with Gasteiger partial charge in [0.25, 0.3) is 0 Å². The highest BCUT2D eigenvalue weighted by atomic mass is 79.9. The quantitative estimate of drug-likeness (QED) is 0.861. The Bertz CT molecular complexity index is 700. The van der Waals surface area contributed by atoms with Crippen molar-refractivity contribution in [2.45, 2.75) is 10.8 Å². The molecule has 0 aliphatic carbocycles. The molecule has 0 saturated carbocycles. The van der Waals surface area contributed by atoms with E-state index in [-0.39, 0.29) is 10.8 Å². The lowest BCUT2D eigenvalue weighted by atomic mass is 10.4. The van der Waals surface area contributed by atoms with Crippen molar-refractivity contribution in [1.82, 2.24) is 14.7 Å². The number of rotatable bonds is 5. The van der Waals surface area contributed by atoms with E-state index in [9.17, 15) is 8.42 Å². The zero-order valence-corrected chi connectivity index (χ0v) is 14.1. The molecule has 0 aliphatic heterocycles. The number of aromatic nitrogens is 2. The van der Waals surface area contributed by atoms with E-state index in [1.165, 1.54) is 0 Å². The van der Waals surface area contributed by atoms with Gasteiger partial charge in [-0.1, -0.05) is 0 Å². The summed E-state index contributed by atoms with van der Waals surface area (Å²) in [5.41, 5.74) is 0.614. The van der Waals surface area contributed by atoms with Gasteiger partial charge in [-0.05, 0) is 34.1 Å². The van der Waals surface area contributed by atoms with Crippen LogP contribution in [0.3, 0.4) is 0 Å². The third-order valence-electron chi connectivity index (χ3n) is 2.36. The third-order valence-corrected chi connectivity index (χ3v) is 5.87.